The molecule has 0 radical (unpaired) electrons. The van der Waals surface area contributed by atoms with Crippen LogP contribution < -0.4 is 0 Å². The number of hydrogen-bond donors (Lipinski definition) is 0. The number of amides is 1. The molecule has 0 N–H and O–H groups in total. The van der Waals surface area contributed by atoms with Crippen molar-refractivity contribution in [3.05, 3.63) is 35.6 Å². The maximum absolute atomic E-state index is 13.0. The summed E-state index contributed by atoms with van der Waals surface area (Å²) in [5.41, 5.74) is 0.439. The summed E-state index contributed by atoms with van der Waals surface area (Å²) in [6.45, 7) is 5.83. The van der Waals surface area contributed by atoms with Gasteiger partial charge in [0.2, 0.25) is 5.91 Å². The minimum absolute atomic E-state index is 0.0328. The van der Waals surface area contributed by atoms with Gasteiger partial charge in [-0.1, -0.05) is 12.1 Å². The van der Waals surface area contributed by atoms with Crippen molar-refractivity contribution in [2.45, 2.75) is 45.2 Å². The number of carbonyl (C=O) groups is 2. The Morgan fingerprint density at radius 2 is 1.74 bits per heavy atom. The van der Waals surface area contributed by atoms with Crippen molar-refractivity contribution in [3.8, 4) is 0 Å². The average molecular weight is 263 g/mol. The number of benzene rings is 1. The maximum Gasteiger partial charge on any atom is 0.230 e. The van der Waals surface area contributed by atoms with E-state index in [0.29, 0.717) is 6.42 Å². The largest absolute Gasteiger partial charge is 0.330 e. The van der Waals surface area contributed by atoms with Crippen LogP contribution in [0.4, 0.5) is 4.39 Å². The molecule has 3 nitrogen and oxygen atoms in total. The van der Waals surface area contributed by atoms with Crippen molar-refractivity contribution >= 4 is 11.7 Å². The van der Waals surface area contributed by atoms with Crippen LogP contribution in [0.2, 0.25) is 0 Å². The number of ketones is 1. The molecule has 0 unspecified atom stereocenters. The van der Waals surface area contributed by atoms with Crippen molar-refractivity contribution < 1.29 is 14.0 Å². The van der Waals surface area contributed by atoms with Gasteiger partial charge in [0, 0.05) is 12.0 Å². The summed E-state index contributed by atoms with van der Waals surface area (Å²) < 4.78 is 13.0. The lowest BCUT2D eigenvalue weighted by Crippen LogP contribution is -2.51. The fourth-order valence-electron chi connectivity index (χ4n) is 2.60. The average Bonchev–Trinajstić information content (AvgIpc) is 2.26. The van der Waals surface area contributed by atoms with Crippen LogP contribution in [-0.2, 0) is 9.59 Å². The smallest absolute Gasteiger partial charge is 0.230 e. The van der Waals surface area contributed by atoms with Gasteiger partial charge < -0.3 is 4.90 Å². The summed E-state index contributed by atoms with van der Waals surface area (Å²) in [5.74, 6) is -0.530. The Kier molecular flexibility index (Phi) is 3.43. The van der Waals surface area contributed by atoms with Crippen molar-refractivity contribution in [2.75, 3.05) is 0 Å². The SMILES string of the molecule is CC(C)(C)N1C(=O)CC(=O)C[C@@H]1c1ccc(F)cc1. The molecule has 1 saturated heterocycles. The third-order valence-electron chi connectivity index (χ3n) is 3.33. The number of hydrogen-bond acceptors (Lipinski definition) is 2. The first-order valence-corrected chi connectivity index (χ1v) is 6.38. The number of likely N-dealkylation sites (tertiary alicyclic amines) is 1. The van der Waals surface area contributed by atoms with E-state index in [0.717, 1.165) is 5.56 Å². The minimum atomic E-state index is -0.364. The van der Waals surface area contributed by atoms with Crippen LogP contribution in [0.3, 0.4) is 0 Å². The molecule has 1 aromatic rings. The molecule has 4 heteroatoms. The second-order valence-electron chi connectivity index (χ2n) is 5.92. The van der Waals surface area contributed by atoms with E-state index in [2.05, 4.69) is 0 Å². The molecule has 0 saturated carbocycles. The van der Waals surface area contributed by atoms with Gasteiger partial charge in [-0.25, -0.2) is 4.39 Å². The Bertz CT molecular complexity index is 502. The Hall–Kier alpha value is -1.71. The first kappa shape index (κ1) is 13.7. The summed E-state index contributed by atoms with van der Waals surface area (Å²) in [6.07, 6.45) is 0.267. The molecule has 1 heterocycles. The standard InChI is InChI=1S/C15H18FNO2/c1-15(2,3)17-13(8-12(18)9-14(17)19)10-4-6-11(16)7-5-10/h4-7,13H,8-9H2,1-3H3/t13-/m1/s1. The van der Waals surface area contributed by atoms with Crippen LogP contribution >= 0.6 is 0 Å². The zero-order valence-corrected chi connectivity index (χ0v) is 11.4. The predicted molar refractivity (Wildman–Crippen MR) is 70.0 cm³/mol. The fraction of sp³-hybridized carbons (Fsp3) is 0.467. The Balaban J connectivity index is 2.40. The molecule has 0 bridgehead atoms. The molecule has 1 atom stereocenters. The van der Waals surface area contributed by atoms with Gasteiger partial charge in [-0.15, -0.1) is 0 Å². The van der Waals surface area contributed by atoms with E-state index in [1.165, 1.54) is 12.1 Å². The highest BCUT2D eigenvalue weighted by atomic mass is 19.1. The molecule has 1 aliphatic rings. The quantitative estimate of drug-likeness (QED) is 0.731. The van der Waals surface area contributed by atoms with E-state index in [1.807, 2.05) is 20.8 Å². The molecule has 1 amide bonds. The Morgan fingerprint density at radius 3 is 2.26 bits per heavy atom. The van der Waals surface area contributed by atoms with E-state index < -0.39 is 0 Å². The minimum Gasteiger partial charge on any atom is -0.330 e. The monoisotopic (exact) mass is 263 g/mol. The van der Waals surface area contributed by atoms with E-state index in [4.69, 9.17) is 0 Å². The highest BCUT2D eigenvalue weighted by Gasteiger charge is 2.39. The molecule has 1 aliphatic heterocycles. The van der Waals surface area contributed by atoms with E-state index in [-0.39, 0.29) is 35.5 Å². The van der Waals surface area contributed by atoms with Gasteiger partial charge in [-0.2, -0.15) is 0 Å². The van der Waals surface area contributed by atoms with Crippen LogP contribution in [-0.4, -0.2) is 22.1 Å². The molecule has 1 fully saturated rings. The van der Waals surface area contributed by atoms with Crippen LogP contribution in [0.1, 0.15) is 45.2 Å². The van der Waals surface area contributed by atoms with E-state index >= 15 is 0 Å². The molecule has 0 spiro atoms. The molecular formula is C15H18FNO2. The zero-order chi connectivity index (χ0) is 14.2. The lowest BCUT2D eigenvalue weighted by molar-refractivity contribution is -0.148. The van der Waals surface area contributed by atoms with Gasteiger partial charge in [0.1, 0.15) is 11.6 Å². The van der Waals surface area contributed by atoms with Crippen LogP contribution in [0, 0.1) is 5.82 Å². The van der Waals surface area contributed by atoms with Gasteiger partial charge in [0.05, 0.1) is 12.5 Å². The first-order chi connectivity index (χ1) is 8.79. The van der Waals surface area contributed by atoms with Gasteiger partial charge >= 0.3 is 0 Å². The van der Waals surface area contributed by atoms with E-state index in [9.17, 15) is 14.0 Å². The number of halogens is 1. The Labute approximate surface area is 112 Å². The molecular weight excluding hydrogens is 245 g/mol. The second kappa shape index (κ2) is 4.76. The lowest BCUT2D eigenvalue weighted by atomic mass is 9.89. The lowest BCUT2D eigenvalue weighted by Gasteiger charge is -2.44. The van der Waals surface area contributed by atoms with Crippen LogP contribution in [0.5, 0.6) is 0 Å². The molecule has 19 heavy (non-hydrogen) atoms. The second-order valence-corrected chi connectivity index (χ2v) is 5.92. The van der Waals surface area contributed by atoms with Gasteiger partial charge in [-0.3, -0.25) is 9.59 Å². The molecule has 102 valence electrons. The number of rotatable bonds is 1. The first-order valence-electron chi connectivity index (χ1n) is 6.38. The third kappa shape index (κ3) is 2.83. The van der Waals surface area contributed by atoms with Crippen molar-refractivity contribution in [1.82, 2.24) is 4.90 Å². The van der Waals surface area contributed by atoms with Crippen molar-refractivity contribution in [2.24, 2.45) is 0 Å². The zero-order valence-electron chi connectivity index (χ0n) is 11.4. The molecule has 0 aromatic heterocycles. The molecule has 1 aromatic carbocycles. The number of Topliss-reactive ketones (excluding diaryl/α,β-unsaturated/α-hetero) is 1. The van der Waals surface area contributed by atoms with Gasteiger partial charge in [0.25, 0.3) is 0 Å². The summed E-state index contributed by atoms with van der Waals surface area (Å²) in [5, 5.41) is 0. The predicted octanol–water partition coefficient (Wildman–Crippen LogP) is 2.86. The van der Waals surface area contributed by atoms with Gasteiger partial charge in [0.15, 0.2) is 0 Å². The Morgan fingerprint density at radius 1 is 1.16 bits per heavy atom. The normalized spacial score (nSPS) is 20.8. The summed E-state index contributed by atoms with van der Waals surface area (Å²) in [6, 6.07) is 5.71. The van der Waals surface area contributed by atoms with Crippen molar-refractivity contribution in [1.29, 1.82) is 0 Å². The third-order valence-corrected chi connectivity index (χ3v) is 3.33. The highest BCUT2D eigenvalue weighted by Crippen LogP contribution is 2.35. The van der Waals surface area contributed by atoms with Crippen LogP contribution in [0.15, 0.2) is 24.3 Å². The van der Waals surface area contributed by atoms with E-state index in [1.54, 1.807) is 17.0 Å². The summed E-state index contributed by atoms with van der Waals surface area (Å²) in [7, 11) is 0. The van der Waals surface area contributed by atoms with Gasteiger partial charge in [-0.05, 0) is 38.5 Å². The molecule has 0 aliphatic carbocycles. The number of nitrogens with zero attached hydrogens (tertiary/aromatic N) is 1. The van der Waals surface area contributed by atoms with Crippen LogP contribution in [0.25, 0.3) is 0 Å². The highest BCUT2D eigenvalue weighted by molar-refractivity contribution is 6.01. The topological polar surface area (TPSA) is 37.4 Å². The fourth-order valence-corrected chi connectivity index (χ4v) is 2.60. The number of piperidine rings is 1. The molecule has 2 rings (SSSR count). The maximum atomic E-state index is 13.0. The van der Waals surface area contributed by atoms with Crippen molar-refractivity contribution in [3.63, 3.8) is 0 Å². The number of carbonyl (C=O) groups excluding carboxylic acids is 2. The summed E-state index contributed by atoms with van der Waals surface area (Å²) in [4.78, 5) is 25.5. The summed E-state index contributed by atoms with van der Waals surface area (Å²) >= 11 is 0.